The number of anilines is 1. The van der Waals surface area contributed by atoms with Crippen molar-refractivity contribution in [1.29, 1.82) is 0 Å². The highest BCUT2D eigenvalue weighted by atomic mass is 16.5. The van der Waals surface area contributed by atoms with Gasteiger partial charge in [-0.3, -0.25) is 14.5 Å². The molecule has 34 heavy (non-hydrogen) atoms. The first kappa shape index (κ1) is 21.7. The molecule has 3 aromatic carbocycles. The van der Waals surface area contributed by atoms with Gasteiger partial charge in [0.2, 0.25) is 11.9 Å². The van der Waals surface area contributed by atoms with Gasteiger partial charge in [-0.2, -0.15) is 0 Å². The van der Waals surface area contributed by atoms with E-state index in [0.717, 1.165) is 22.2 Å². The molecule has 2 atom stereocenters. The van der Waals surface area contributed by atoms with Crippen molar-refractivity contribution in [3.63, 3.8) is 0 Å². The number of fused-ring (bicyclic) bond motifs is 3. The molecule has 2 heterocycles. The quantitative estimate of drug-likeness (QED) is 0.319. The Morgan fingerprint density at radius 2 is 1.68 bits per heavy atom. The number of rotatable bonds is 6. The smallest absolute Gasteiger partial charge is 0.321 e. The van der Waals surface area contributed by atoms with Gasteiger partial charge >= 0.3 is 5.97 Å². The lowest BCUT2D eigenvalue weighted by Crippen LogP contribution is -2.49. The lowest BCUT2D eigenvalue weighted by Gasteiger charge is -2.38. The number of imidazole rings is 1. The first-order valence-corrected chi connectivity index (χ1v) is 11.2. The van der Waals surface area contributed by atoms with Gasteiger partial charge in [0.25, 0.3) is 0 Å². The third kappa shape index (κ3) is 3.69. The number of benzene rings is 3. The maximum Gasteiger partial charge on any atom is 0.321 e. The van der Waals surface area contributed by atoms with Crippen molar-refractivity contribution < 1.29 is 19.1 Å². The molecule has 1 aliphatic heterocycles. The van der Waals surface area contributed by atoms with Gasteiger partial charge in [0.1, 0.15) is 5.75 Å². The van der Waals surface area contributed by atoms with Gasteiger partial charge in [0.15, 0.2) is 5.92 Å². The largest absolute Gasteiger partial charge is 0.497 e. The Hall–Kier alpha value is -4.13. The van der Waals surface area contributed by atoms with Crippen molar-refractivity contribution in [3.05, 3.63) is 90.0 Å². The minimum Gasteiger partial charge on any atom is -0.497 e. The molecular formula is C27H25N3O4. The third-order valence-electron chi connectivity index (χ3n) is 6.13. The van der Waals surface area contributed by atoms with Crippen LogP contribution in [0.15, 0.2) is 78.9 Å². The fourth-order valence-electron chi connectivity index (χ4n) is 4.57. The van der Waals surface area contributed by atoms with E-state index in [4.69, 9.17) is 14.5 Å². The van der Waals surface area contributed by atoms with Gasteiger partial charge in [-0.15, -0.1) is 0 Å². The summed E-state index contributed by atoms with van der Waals surface area (Å²) in [6.45, 7) is 2.23. The number of carbonyl (C=O) groups is 2. The predicted molar refractivity (Wildman–Crippen MR) is 129 cm³/mol. The number of carbonyl (C=O) groups excluding carboxylic acids is 2. The highest BCUT2D eigenvalue weighted by Crippen LogP contribution is 2.42. The lowest BCUT2D eigenvalue weighted by molar-refractivity contribution is -0.153. The third-order valence-corrected chi connectivity index (χ3v) is 6.13. The number of hydrogen-bond donors (Lipinski definition) is 0. The van der Waals surface area contributed by atoms with Crippen LogP contribution in [0.2, 0.25) is 0 Å². The molecule has 0 fully saturated rings. The topological polar surface area (TPSA) is 73.7 Å². The molecule has 1 amide bonds. The van der Waals surface area contributed by atoms with Crippen molar-refractivity contribution in [2.45, 2.75) is 19.5 Å². The summed E-state index contributed by atoms with van der Waals surface area (Å²) in [4.78, 5) is 33.6. The minimum atomic E-state index is -1.05. The number of para-hydroxylation sites is 2. The molecule has 0 bridgehead atoms. The highest BCUT2D eigenvalue weighted by molar-refractivity contribution is 6.08. The van der Waals surface area contributed by atoms with E-state index in [1.807, 2.05) is 83.4 Å². The number of hydrogen-bond acceptors (Lipinski definition) is 5. The van der Waals surface area contributed by atoms with Crippen LogP contribution in [0.5, 0.6) is 5.75 Å². The highest BCUT2D eigenvalue weighted by Gasteiger charge is 2.47. The summed E-state index contributed by atoms with van der Waals surface area (Å²) in [5.41, 5.74) is 3.35. The van der Waals surface area contributed by atoms with Gasteiger partial charge < -0.3 is 14.0 Å². The Morgan fingerprint density at radius 3 is 2.38 bits per heavy atom. The molecule has 0 N–H and O–H groups in total. The first-order chi connectivity index (χ1) is 16.6. The minimum absolute atomic E-state index is 0.189. The molecular weight excluding hydrogens is 430 g/mol. The first-order valence-electron chi connectivity index (χ1n) is 11.2. The van der Waals surface area contributed by atoms with Gasteiger partial charge in [-0.1, -0.05) is 54.6 Å². The Labute approximate surface area is 197 Å². The molecule has 4 aromatic rings. The van der Waals surface area contributed by atoms with Crippen LogP contribution in [0.1, 0.15) is 24.1 Å². The molecule has 0 saturated carbocycles. The Balaban J connectivity index is 1.73. The fourth-order valence-corrected chi connectivity index (χ4v) is 4.57. The maximum absolute atomic E-state index is 13.9. The SMILES string of the molecule is CCOC(=O)[C@@H]1C(=O)N(Cc2ccccc2)c2nc3ccccc3n2[C@H]1c1ccc(OC)cc1. The maximum atomic E-state index is 13.9. The Morgan fingerprint density at radius 1 is 0.971 bits per heavy atom. The normalized spacial score (nSPS) is 17.5. The van der Waals surface area contributed by atoms with Crippen molar-refractivity contribution in [3.8, 4) is 5.75 Å². The summed E-state index contributed by atoms with van der Waals surface area (Å²) in [6, 6.07) is 24.2. The van der Waals surface area contributed by atoms with E-state index in [2.05, 4.69) is 0 Å². The van der Waals surface area contributed by atoms with Crippen molar-refractivity contribution in [1.82, 2.24) is 9.55 Å². The van der Waals surface area contributed by atoms with Crippen molar-refractivity contribution in [2.24, 2.45) is 5.92 Å². The van der Waals surface area contributed by atoms with E-state index in [1.54, 1.807) is 18.9 Å². The molecule has 0 spiro atoms. The molecule has 172 valence electrons. The number of ether oxygens (including phenoxy) is 2. The predicted octanol–water partition coefficient (Wildman–Crippen LogP) is 4.36. The number of nitrogens with zero attached hydrogens (tertiary/aromatic N) is 3. The summed E-state index contributed by atoms with van der Waals surface area (Å²) in [5, 5.41) is 0. The second kappa shape index (κ2) is 9.02. The van der Waals surface area contributed by atoms with E-state index in [-0.39, 0.29) is 12.5 Å². The van der Waals surface area contributed by atoms with Gasteiger partial charge in [-0.05, 0) is 42.3 Å². The zero-order valence-electron chi connectivity index (χ0n) is 19.0. The second-order valence-corrected chi connectivity index (χ2v) is 8.13. The molecule has 0 unspecified atom stereocenters. The molecule has 1 aromatic heterocycles. The van der Waals surface area contributed by atoms with Gasteiger partial charge in [0.05, 0.1) is 37.3 Å². The van der Waals surface area contributed by atoms with Crippen molar-refractivity contribution in [2.75, 3.05) is 18.6 Å². The van der Waals surface area contributed by atoms with E-state index >= 15 is 0 Å². The summed E-state index contributed by atoms with van der Waals surface area (Å²) in [5.74, 6) is -0.723. The van der Waals surface area contributed by atoms with Gasteiger partial charge in [-0.25, -0.2) is 4.98 Å². The molecule has 7 heteroatoms. The zero-order chi connectivity index (χ0) is 23.7. The summed E-state index contributed by atoms with van der Waals surface area (Å²) in [7, 11) is 1.60. The Bertz CT molecular complexity index is 1330. The molecule has 0 saturated heterocycles. The van der Waals surface area contributed by atoms with E-state index in [1.165, 1.54) is 0 Å². The molecule has 7 nitrogen and oxygen atoms in total. The fraction of sp³-hybridized carbons (Fsp3) is 0.222. The van der Waals surface area contributed by atoms with Crippen LogP contribution >= 0.6 is 0 Å². The second-order valence-electron chi connectivity index (χ2n) is 8.13. The van der Waals surface area contributed by atoms with Crippen LogP contribution in [-0.2, 0) is 20.9 Å². The van der Waals surface area contributed by atoms with E-state index in [9.17, 15) is 9.59 Å². The standard InChI is InChI=1S/C27H25N3O4/c1-3-34-26(32)23-24(19-13-15-20(33-2)16-14-19)30-22-12-8-7-11-21(22)28-27(30)29(25(23)31)17-18-9-5-4-6-10-18/h4-16,23-24H,3,17H2,1-2H3/t23-,24-/m0/s1. The monoisotopic (exact) mass is 455 g/mol. The summed E-state index contributed by atoms with van der Waals surface area (Å²) in [6.07, 6.45) is 0. The van der Waals surface area contributed by atoms with Crippen LogP contribution < -0.4 is 9.64 Å². The number of methoxy groups -OCH3 is 1. The van der Waals surface area contributed by atoms with Crippen molar-refractivity contribution >= 4 is 28.9 Å². The van der Waals surface area contributed by atoms with Crippen LogP contribution in [0, 0.1) is 5.92 Å². The number of aromatic nitrogens is 2. The molecule has 5 rings (SSSR count). The average molecular weight is 456 g/mol. The molecule has 0 aliphatic carbocycles. The molecule has 0 radical (unpaired) electrons. The van der Waals surface area contributed by atoms with Crippen LogP contribution in [-0.4, -0.2) is 35.1 Å². The number of amides is 1. The van der Waals surface area contributed by atoms with Crippen LogP contribution in [0.4, 0.5) is 5.95 Å². The van der Waals surface area contributed by atoms with Gasteiger partial charge in [0, 0.05) is 0 Å². The molecule has 1 aliphatic rings. The van der Waals surface area contributed by atoms with E-state index < -0.39 is 17.9 Å². The van der Waals surface area contributed by atoms with E-state index in [0.29, 0.717) is 18.2 Å². The average Bonchev–Trinajstić information content (AvgIpc) is 3.25. The summed E-state index contributed by atoms with van der Waals surface area (Å²) >= 11 is 0. The number of esters is 1. The summed E-state index contributed by atoms with van der Waals surface area (Å²) < 4.78 is 12.7. The Kier molecular flexibility index (Phi) is 5.76. The van der Waals surface area contributed by atoms with Crippen LogP contribution in [0.25, 0.3) is 11.0 Å². The van der Waals surface area contributed by atoms with Crippen LogP contribution in [0.3, 0.4) is 0 Å². The lowest BCUT2D eigenvalue weighted by atomic mass is 9.89. The zero-order valence-corrected chi connectivity index (χ0v) is 19.0.